The van der Waals surface area contributed by atoms with Gasteiger partial charge in [-0.05, 0) is 35.2 Å². The predicted molar refractivity (Wildman–Crippen MR) is 69.3 cm³/mol. The van der Waals surface area contributed by atoms with Gasteiger partial charge in [0.05, 0.1) is 0 Å². The molecule has 17 heavy (non-hydrogen) atoms. The molecule has 1 aromatic rings. The molecule has 0 fully saturated rings. The number of carbonyl (C=O) groups excluding carboxylic acids is 2. The molecule has 1 aromatic carbocycles. The van der Waals surface area contributed by atoms with Crippen LogP contribution in [0.2, 0.25) is 0 Å². The number of amides is 1. The zero-order chi connectivity index (χ0) is 12.8. The molecule has 0 spiro atoms. The maximum atomic E-state index is 11.4. The third-order valence-electron chi connectivity index (χ3n) is 2.41. The minimum absolute atomic E-state index is 0.0669. The minimum Gasteiger partial charge on any atom is -0.326 e. The van der Waals surface area contributed by atoms with Crippen LogP contribution >= 0.6 is 11.6 Å². The first-order chi connectivity index (χ1) is 7.99. The van der Waals surface area contributed by atoms with Crippen molar-refractivity contribution in [1.82, 2.24) is 0 Å². The lowest BCUT2D eigenvalue weighted by molar-refractivity contribution is -0.119. The summed E-state index contributed by atoms with van der Waals surface area (Å²) in [5, 5.41) is 2.22. The van der Waals surface area contributed by atoms with E-state index >= 15 is 0 Å². The van der Waals surface area contributed by atoms with Crippen LogP contribution in [0.3, 0.4) is 0 Å². The number of nitrogens with one attached hydrogen (secondary N) is 1. The van der Waals surface area contributed by atoms with E-state index in [0.29, 0.717) is 5.92 Å². The van der Waals surface area contributed by atoms with Crippen molar-refractivity contribution in [3.63, 3.8) is 0 Å². The molecule has 92 valence electrons. The van der Waals surface area contributed by atoms with Gasteiger partial charge in [0.25, 0.3) is 0 Å². The molecule has 1 rings (SSSR count). The second kappa shape index (κ2) is 6.40. The van der Waals surface area contributed by atoms with E-state index in [9.17, 15) is 9.59 Å². The maximum absolute atomic E-state index is 11.4. The highest BCUT2D eigenvalue weighted by molar-refractivity contribution is 6.63. The standard InChI is InChI=1S/C13H16ClNO2/c1-9(2)10-3-5-11(6-4-10)15-13(17)8-7-12(14)16/h3-6,9H,7-8H2,1-2H3,(H,15,17). The quantitative estimate of drug-likeness (QED) is 0.819. The number of anilines is 1. The highest BCUT2D eigenvalue weighted by atomic mass is 35.5. The van der Waals surface area contributed by atoms with E-state index in [2.05, 4.69) is 19.2 Å². The van der Waals surface area contributed by atoms with Gasteiger partial charge in [-0.2, -0.15) is 0 Å². The van der Waals surface area contributed by atoms with Gasteiger partial charge in [-0.15, -0.1) is 0 Å². The first-order valence-electron chi connectivity index (χ1n) is 5.57. The average Bonchev–Trinajstić information content (AvgIpc) is 2.27. The van der Waals surface area contributed by atoms with E-state index in [4.69, 9.17) is 11.6 Å². The summed E-state index contributed by atoms with van der Waals surface area (Å²) in [6, 6.07) is 7.67. The summed E-state index contributed by atoms with van der Waals surface area (Å²) in [5.41, 5.74) is 1.96. The average molecular weight is 254 g/mol. The van der Waals surface area contributed by atoms with E-state index in [1.165, 1.54) is 5.56 Å². The summed E-state index contributed by atoms with van der Waals surface area (Å²) >= 11 is 5.16. The molecule has 0 atom stereocenters. The molecular weight excluding hydrogens is 238 g/mol. The summed E-state index contributed by atoms with van der Waals surface area (Å²) in [4.78, 5) is 21.9. The molecule has 1 N–H and O–H groups in total. The van der Waals surface area contributed by atoms with E-state index in [-0.39, 0.29) is 18.7 Å². The lowest BCUT2D eigenvalue weighted by atomic mass is 10.0. The SMILES string of the molecule is CC(C)c1ccc(NC(=O)CCC(=O)Cl)cc1. The highest BCUT2D eigenvalue weighted by Crippen LogP contribution is 2.17. The van der Waals surface area contributed by atoms with Crippen molar-refractivity contribution >= 4 is 28.4 Å². The van der Waals surface area contributed by atoms with E-state index in [1.807, 2.05) is 24.3 Å². The van der Waals surface area contributed by atoms with Gasteiger partial charge in [-0.3, -0.25) is 9.59 Å². The van der Waals surface area contributed by atoms with Gasteiger partial charge in [0.2, 0.25) is 11.1 Å². The molecule has 0 aromatic heterocycles. The molecule has 4 heteroatoms. The molecule has 0 heterocycles. The van der Waals surface area contributed by atoms with Crippen LogP contribution in [0.1, 0.15) is 38.2 Å². The molecule has 0 aliphatic rings. The van der Waals surface area contributed by atoms with Gasteiger partial charge in [0, 0.05) is 18.5 Å². The van der Waals surface area contributed by atoms with E-state index < -0.39 is 5.24 Å². The molecule has 0 radical (unpaired) electrons. The third-order valence-corrected chi connectivity index (χ3v) is 2.60. The summed E-state index contributed by atoms with van der Waals surface area (Å²) in [5.74, 6) is 0.268. The first kappa shape index (κ1) is 13.7. The topological polar surface area (TPSA) is 46.2 Å². The van der Waals surface area contributed by atoms with Crippen molar-refractivity contribution in [2.45, 2.75) is 32.6 Å². The van der Waals surface area contributed by atoms with Crippen molar-refractivity contribution < 1.29 is 9.59 Å². The number of rotatable bonds is 5. The molecule has 0 bridgehead atoms. The smallest absolute Gasteiger partial charge is 0.224 e. The van der Waals surface area contributed by atoms with E-state index in [1.54, 1.807) is 0 Å². The zero-order valence-corrected chi connectivity index (χ0v) is 10.8. The Kier molecular flexibility index (Phi) is 5.16. The van der Waals surface area contributed by atoms with Crippen LogP contribution in [0.25, 0.3) is 0 Å². The lowest BCUT2D eigenvalue weighted by Gasteiger charge is -2.08. The fraction of sp³-hybridized carbons (Fsp3) is 0.385. The Morgan fingerprint density at radius 3 is 2.24 bits per heavy atom. The lowest BCUT2D eigenvalue weighted by Crippen LogP contribution is -2.12. The monoisotopic (exact) mass is 253 g/mol. The van der Waals surface area contributed by atoms with Crippen molar-refractivity contribution in [3.8, 4) is 0 Å². The molecule has 0 aliphatic carbocycles. The Labute approximate surface area is 106 Å². The highest BCUT2D eigenvalue weighted by Gasteiger charge is 2.05. The normalized spacial score (nSPS) is 10.4. The Bertz CT molecular complexity index is 398. The van der Waals surface area contributed by atoms with Crippen LogP contribution in [-0.2, 0) is 9.59 Å². The summed E-state index contributed by atoms with van der Waals surface area (Å²) < 4.78 is 0. The molecule has 0 saturated heterocycles. The summed E-state index contributed by atoms with van der Waals surface area (Å²) in [7, 11) is 0. The number of halogens is 1. The van der Waals surface area contributed by atoms with Gasteiger partial charge in [0.1, 0.15) is 0 Å². The Balaban J connectivity index is 2.51. The zero-order valence-electron chi connectivity index (χ0n) is 10.00. The second-order valence-corrected chi connectivity index (χ2v) is 4.60. The number of hydrogen-bond acceptors (Lipinski definition) is 2. The number of carbonyl (C=O) groups is 2. The van der Waals surface area contributed by atoms with Crippen LogP contribution in [-0.4, -0.2) is 11.1 Å². The molecule has 1 amide bonds. The Hall–Kier alpha value is -1.35. The molecular formula is C13H16ClNO2. The van der Waals surface area contributed by atoms with Crippen molar-refractivity contribution in [3.05, 3.63) is 29.8 Å². The van der Waals surface area contributed by atoms with Gasteiger partial charge in [0.15, 0.2) is 0 Å². The Morgan fingerprint density at radius 1 is 1.18 bits per heavy atom. The van der Waals surface area contributed by atoms with Gasteiger partial charge < -0.3 is 5.32 Å². The van der Waals surface area contributed by atoms with Crippen LogP contribution in [0, 0.1) is 0 Å². The molecule has 0 aliphatic heterocycles. The largest absolute Gasteiger partial charge is 0.326 e. The molecule has 0 saturated carbocycles. The summed E-state index contributed by atoms with van der Waals surface area (Å²) in [6.45, 7) is 4.22. The van der Waals surface area contributed by atoms with Crippen LogP contribution in [0.5, 0.6) is 0 Å². The van der Waals surface area contributed by atoms with Crippen LogP contribution < -0.4 is 5.32 Å². The van der Waals surface area contributed by atoms with Gasteiger partial charge in [-0.25, -0.2) is 0 Å². The van der Waals surface area contributed by atoms with Crippen LogP contribution in [0.4, 0.5) is 5.69 Å². The van der Waals surface area contributed by atoms with Gasteiger partial charge >= 0.3 is 0 Å². The second-order valence-electron chi connectivity index (χ2n) is 4.18. The third kappa shape index (κ3) is 5.00. The molecule has 3 nitrogen and oxygen atoms in total. The molecule has 0 unspecified atom stereocenters. The van der Waals surface area contributed by atoms with E-state index in [0.717, 1.165) is 5.69 Å². The fourth-order valence-corrected chi connectivity index (χ4v) is 1.48. The van der Waals surface area contributed by atoms with Gasteiger partial charge in [-0.1, -0.05) is 26.0 Å². The summed E-state index contributed by atoms with van der Waals surface area (Å²) in [6.07, 6.45) is 0.186. The number of benzene rings is 1. The first-order valence-corrected chi connectivity index (χ1v) is 5.95. The minimum atomic E-state index is -0.490. The van der Waals surface area contributed by atoms with Crippen molar-refractivity contribution in [1.29, 1.82) is 0 Å². The Morgan fingerprint density at radius 2 is 1.76 bits per heavy atom. The van der Waals surface area contributed by atoms with Crippen molar-refractivity contribution in [2.24, 2.45) is 0 Å². The maximum Gasteiger partial charge on any atom is 0.224 e. The van der Waals surface area contributed by atoms with Crippen LogP contribution in [0.15, 0.2) is 24.3 Å². The van der Waals surface area contributed by atoms with Crippen molar-refractivity contribution in [2.75, 3.05) is 5.32 Å². The number of hydrogen-bond donors (Lipinski definition) is 1. The fourth-order valence-electron chi connectivity index (χ4n) is 1.39. The predicted octanol–water partition coefficient (Wildman–Crippen LogP) is 3.29.